The SMILES string of the molecule is O=C(CSc1nnc2n1CCCCC2)N1c2ccccc2SCC1c1ccccc1. The molecule has 7 heteroatoms. The van der Waals surface area contributed by atoms with E-state index < -0.39 is 0 Å². The van der Waals surface area contributed by atoms with E-state index >= 15 is 0 Å². The average Bonchev–Trinajstić information content (AvgIpc) is 3.03. The molecule has 154 valence electrons. The van der Waals surface area contributed by atoms with Gasteiger partial charge in [0.1, 0.15) is 5.82 Å². The molecule has 5 nitrogen and oxygen atoms in total. The van der Waals surface area contributed by atoms with Gasteiger partial charge in [0, 0.05) is 23.6 Å². The third-order valence-electron chi connectivity index (χ3n) is 5.69. The maximum atomic E-state index is 13.5. The Balaban J connectivity index is 1.40. The van der Waals surface area contributed by atoms with E-state index in [1.54, 1.807) is 0 Å². The molecule has 30 heavy (non-hydrogen) atoms. The van der Waals surface area contributed by atoms with Crippen molar-refractivity contribution < 1.29 is 4.79 Å². The van der Waals surface area contributed by atoms with Crippen LogP contribution in [0.5, 0.6) is 0 Å². The minimum absolute atomic E-state index is 0.0368. The van der Waals surface area contributed by atoms with Crippen LogP contribution in [-0.2, 0) is 17.8 Å². The van der Waals surface area contributed by atoms with E-state index in [2.05, 4.69) is 39.0 Å². The summed E-state index contributed by atoms with van der Waals surface area (Å²) in [7, 11) is 0. The quantitative estimate of drug-likeness (QED) is 0.540. The summed E-state index contributed by atoms with van der Waals surface area (Å²) < 4.78 is 2.21. The molecule has 1 aromatic heterocycles. The van der Waals surface area contributed by atoms with Gasteiger partial charge in [-0.3, -0.25) is 4.79 Å². The first-order valence-electron chi connectivity index (χ1n) is 10.4. The normalized spacial score (nSPS) is 18.4. The number of aryl methyl sites for hydroxylation is 1. The van der Waals surface area contributed by atoms with Gasteiger partial charge < -0.3 is 9.47 Å². The predicted octanol–water partition coefficient (Wildman–Crippen LogP) is 4.98. The molecule has 2 aromatic carbocycles. The van der Waals surface area contributed by atoms with Crippen LogP contribution in [0.1, 0.15) is 36.7 Å². The molecule has 5 rings (SSSR count). The second kappa shape index (κ2) is 8.86. The van der Waals surface area contributed by atoms with Crippen molar-refractivity contribution in [1.82, 2.24) is 14.8 Å². The monoisotopic (exact) mass is 436 g/mol. The molecule has 3 heterocycles. The molecular weight excluding hydrogens is 412 g/mol. The lowest BCUT2D eigenvalue weighted by Crippen LogP contribution is -2.39. The van der Waals surface area contributed by atoms with Crippen molar-refractivity contribution in [3.63, 3.8) is 0 Å². The molecule has 2 aliphatic rings. The highest BCUT2D eigenvalue weighted by atomic mass is 32.2. The Bertz CT molecular complexity index is 1040. The molecule has 1 unspecified atom stereocenters. The summed E-state index contributed by atoms with van der Waals surface area (Å²) in [6, 6.07) is 18.6. The number of thioether (sulfide) groups is 2. The lowest BCUT2D eigenvalue weighted by Gasteiger charge is -2.37. The molecule has 0 saturated carbocycles. The Hall–Kier alpha value is -2.25. The van der Waals surface area contributed by atoms with E-state index in [1.807, 2.05) is 47.0 Å². The highest BCUT2D eigenvalue weighted by molar-refractivity contribution is 8.00. The van der Waals surface area contributed by atoms with Crippen molar-refractivity contribution in [2.24, 2.45) is 0 Å². The number of para-hydroxylation sites is 1. The summed E-state index contributed by atoms with van der Waals surface area (Å²) in [5.41, 5.74) is 2.18. The topological polar surface area (TPSA) is 51.0 Å². The number of fused-ring (bicyclic) bond motifs is 2. The minimum Gasteiger partial charge on any atom is -0.306 e. The van der Waals surface area contributed by atoms with Crippen LogP contribution in [0.3, 0.4) is 0 Å². The van der Waals surface area contributed by atoms with Gasteiger partial charge in [-0.2, -0.15) is 0 Å². The van der Waals surface area contributed by atoms with Gasteiger partial charge in [0.15, 0.2) is 5.16 Å². The van der Waals surface area contributed by atoms with Crippen LogP contribution in [0.25, 0.3) is 0 Å². The van der Waals surface area contributed by atoms with Gasteiger partial charge in [0.05, 0.1) is 17.5 Å². The highest BCUT2D eigenvalue weighted by Crippen LogP contribution is 2.43. The van der Waals surface area contributed by atoms with Gasteiger partial charge in [-0.05, 0) is 30.5 Å². The fraction of sp³-hybridized carbons (Fsp3) is 0.348. The molecule has 1 atom stereocenters. The van der Waals surface area contributed by atoms with Gasteiger partial charge in [-0.25, -0.2) is 0 Å². The molecular formula is C23H24N4OS2. The van der Waals surface area contributed by atoms with Gasteiger partial charge in [-0.15, -0.1) is 22.0 Å². The molecule has 0 spiro atoms. The Kier molecular flexibility index (Phi) is 5.82. The zero-order valence-electron chi connectivity index (χ0n) is 16.7. The number of nitrogens with zero attached hydrogens (tertiary/aromatic N) is 4. The first kappa shape index (κ1) is 19.7. The molecule has 0 fully saturated rings. The molecule has 0 saturated heterocycles. The second-order valence-electron chi connectivity index (χ2n) is 7.62. The first-order chi connectivity index (χ1) is 14.8. The van der Waals surface area contributed by atoms with E-state index in [0.29, 0.717) is 5.75 Å². The lowest BCUT2D eigenvalue weighted by atomic mass is 10.1. The van der Waals surface area contributed by atoms with Crippen LogP contribution in [0.4, 0.5) is 5.69 Å². The summed E-state index contributed by atoms with van der Waals surface area (Å²) in [6.07, 6.45) is 4.53. The number of hydrogen-bond acceptors (Lipinski definition) is 5. The number of amides is 1. The van der Waals surface area contributed by atoms with Gasteiger partial charge in [0.2, 0.25) is 5.91 Å². The summed E-state index contributed by atoms with van der Waals surface area (Å²) in [5.74, 6) is 2.40. The largest absolute Gasteiger partial charge is 0.306 e. The zero-order valence-corrected chi connectivity index (χ0v) is 18.4. The number of hydrogen-bond donors (Lipinski definition) is 0. The molecule has 0 bridgehead atoms. The first-order valence-corrected chi connectivity index (χ1v) is 12.4. The number of carbonyl (C=O) groups is 1. The number of rotatable bonds is 4. The zero-order chi connectivity index (χ0) is 20.3. The number of aromatic nitrogens is 3. The molecule has 0 radical (unpaired) electrons. The third kappa shape index (κ3) is 3.88. The Labute approximate surface area is 185 Å². The maximum Gasteiger partial charge on any atom is 0.238 e. The van der Waals surface area contributed by atoms with Crippen molar-refractivity contribution in [2.45, 2.75) is 48.3 Å². The molecule has 2 aliphatic heterocycles. The summed E-state index contributed by atoms with van der Waals surface area (Å²) >= 11 is 3.34. The van der Waals surface area contributed by atoms with Crippen LogP contribution < -0.4 is 4.90 Å². The van der Waals surface area contributed by atoms with Crippen LogP contribution in [0.15, 0.2) is 64.6 Å². The molecule has 0 N–H and O–H groups in total. The van der Waals surface area contributed by atoms with E-state index in [-0.39, 0.29) is 11.9 Å². The minimum atomic E-state index is 0.0368. The van der Waals surface area contributed by atoms with Crippen LogP contribution in [0, 0.1) is 0 Å². The fourth-order valence-electron chi connectivity index (χ4n) is 4.18. The van der Waals surface area contributed by atoms with Crippen LogP contribution in [0.2, 0.25) is 0 Å². The van der Waals surface area contributed by atoms with E-state index in [4.69, 9.17) is 0 Å². The van der Waals surface area contributed by atoms with Gasteiger partial charge in [-0.1, -0.05) is 60.6 Å². The van der Waals surface area contributed by atoms with Crippen molar-refractivity contribution >= 4 is 35.1 Å². The van der Waals surface area contributed by atoms with Gasteiger partial charge >= 0.3 is 0 Å². The van der Waals surface area contributed by atoms with Gasteiger partial charge in [0.25, 0.3) is 0 Å². The second-order valence-corrected chi connectivity index (χ2v) is 9.62. The van der Waals surface area contributed by atoms with Crippen LogP contribution in [-0.4, -0.2) is 32.2 Å². The molecule has 3 aromatic rings. The third-order valence-corrected chi connectivity index (χ3v) is 7.78. The lowest BCUT2D eigenvalue weighted by molar-refractivity contribution is -0.116. The molecule has 1 amide bonds. The standard InChI is InChI=1S/C23H24N4OS2/c28-22(16-30-23-25-24-21-13-5-2-8-14-26(21)23)27-18-11-6-7-12-20(18)29-15-19(27)17-9-3-1-4-10-17/h1,3-4,6-7,9-12,19H,2,5,8,13-16H2. The number of anilines is 1. The maximum absolute atomic E-state index is 13.5. The van der Waals surface area contributed by atoms with E-state index in [1.165, 1.54) is 35.1 Å². The predicted molar refractivity (Wildman–Crippen MR) is 122 cm³/mol. The Morgan fingerprint density at radius 3 is 2.77 bits per heavy atom. The Morgan fingerprint density at radius 1 is 1.03 bits per heavy atom. The van der Waals surface area contributed by atoms with E-state index in [0.717, 1.165) is 41.8 Å². The fourth-order valence-corrected chi connectivity index (χ4v) is 6.19. The van der Waals surface area contributed by atoms with Crippen molar-refractivity contribution in [3.05, 3.63) is 66.0 Å². The van der Waals surface area contributed by atoms with Crippen molar-refractivity contribution in [3.8, 4) is 0 Å². The summed E-state index contributed by atoms with van der Waals surface area (Å²) in [4.78, 5) is 16.7. The number of carbonyl (C=O) groups excluding carboxylic acids is 1. The Morgan fingerprint density at radius 2 is 1.87 bits per heavy atom. The van der Waals surface area contributed by atoms with Crippen molar-refractivity contribution in [1.29, 1.82) is 0 Å². The van der Waals surface area contributed by atoms with Crippen LogP contribution >= 0.6 is 23.5 Å². The highest BCUT2D eigenvalue weighted by Gasteiger charge is 2.32. The average molecular weight is 437 g/mol. The summed E-state index contributed by atoms with van der Waals surface area (Å²) in [5, 5.41) is 9.62. The number of benzene rings is 2. The smallest absolute Gasteiger partial charge is 0.238 e. The molecule has 0 aliphatic carbocycles. The summed E-state index contributed by atoms with van der Waals surface area (Å²) in [6.45, 7) is 0.953. The van der Waals surface area contributed by atoms with E-state index in [9.17, 15) is 4.79 Å². The van der Waals surface area contributed by atoms with Crippen molar-refractivity contribution in [2.75, 3.05) is 16.4 Å².